The van der Waals surface area contributed by atoms with Crippen LogP contribution in [0.4, 0.5) is 10.1 Å². The van der Waals surface area contributed by atoms with Crippen LogP contribution in [0.25, 0.3) is 0 Å². The number of fused-ring (bicyclic) bond motifs is 1. The van der Waals surface area contributed by atoms with Crippen molar-refractivity contribution < 1.29 is 4.39 Å². The van der Waals surface area contributed by atoms with E-state index in [4.69, 9.17) is 0 Å². The predicted molar refractivity (Wildman–Crippen MR) is 75.3 cm³/mol. The summed E-state index contributed by atoms with van der Waals surface area (Å²) in [5.41, 5.74) is 3.64. The van der Waals surface area contributed by atoms with E-state index < -0.39 is 0 Å². The minimum Gasteiger partial charge on any atom is -0.367 e. The Kier molecular flexibility index (Phi) is 3.08. The Morgan fingerprint density at radius 1 is 1.11 bits per heavy atom. The van der Waals surface area contributed by atoms with Gasteiger partial charge in [-0.25, -0.2) is 4.39 Å². The molecule has 0 spiro atoms. The molecule has 0 saturated heterocycles. The van der Waals surface area contributed by atoms with Crippen molar-refractivity contribution in [3.8, 4) is 0 Å². The van der Waals surface area contributed by atoms with Crippen molar-refractivity contribution in [2.45, 2.75) is 13.0 Å². The zero-order valence-electron chi connectivity index (χ0n) is 9.87. The van der Waals surface area contributed by atoms with Gasteiger partial charge >= 0.3 is 0 Å². The van der Waals surface area contributed by atoms with Crippen LogP contribution >= 0.6 is 15.9 Å². The van der Waals surface area contributed by atoms with Gasteiger partial charge in [-0.05, 0) is 45.6 Å². The van der Waals surface area contributed by atoms with Crippen LogP contribution in [0.5, 0.6) is 0 Å². The minimum atomic E-state index is -0.194. The number of hydrogen-bond donors (Lipinski definition) is 0. The molecular formula is C15H13BrFN. The summed E-state index contributed by atoms with van der Waals surface area (Å²) in [6, 6.07) is 13.6. The molecule has 0 aliphatic carbocycles. The Hall–Kier alpha value is -1.35. The number of nitrogens with zero attached hydrogens (tertiary/aromatic N) is 1. The first-order valence-electron chi connectivity index (χ1n) is 6.01. The van der Waals surface area contributed by atoms with Crippen molar-refractivity contribution in [3.63, 3.8) is 0 Å². The number of para-hydroxylation sites is 1. The molecule has 3 rings (SSSR count). The van der Waals surface area contributed by atoms with Gasteiger partial charge in [-0.3, -0.25) is 0 Å². The number of benzene rings is 2. The summed E-state index contributed by atoms with van der Waals surface area (Å²) in [5.74, 6) is -0.194. The molecule has 0 atom stereocenters. The number of halogens is 2. The number of anilines is 1. The highest BCUT2D eigenvalue weighted by atomic mass is 79.9. The highest BCUT2D eigenvalue weighted by molar-refractivity contribution is 9.10. The van der Waals surface area contributed by atoms with Crippen LogP contribution in [0, 0.1) is 5.82 Å². The Bertz CT molecular complexity index is 582. The SMILES string of the molecule is Fc1cccc(CN2CCc3ccccc32)c1Br. The summed E-state index contributed by atoms with van der Waals surface area (Å²) in [5, 5.41) is 0. The molecule has 0 fully saturated rings. The summed E-state index contributed by atoms with van der Waals surface area (Å²) in [6.45, 7) is 1.75. The third-order valence-corrected chi connectivity index (χ3v) is 4.26. The molecule has 0 bridgehead atoms. The second kappa shape index (κ2) is 4.73. The molecule has 0 saturated carbocycles. The third-order valence-electron chi connectivity index (χ3n) is 3.38. The lowest BCUT2D eigenvalue weighted by molar-refractivity contribution is 0.617. The molecular weight excluding hydrogens is 293 g/mol. The first-order chi connectivity index (χ1) is 8.75. The second-order valence-corrected chi connectivity index (χ2v) is 5.31. The molecule has 1 nitrogen and oxygen atoms in total. The zero-order chi connectivity index (χ0) is 12.5. The van der Waals surface area contributed by atoms with Crippen LogP contribution in [-0.4, -0.2) is 6.54 Å². The van der Waals surface area contributed by atoms with Gasteiger partial charge < -0.3 is 4.90 Å². The largest absolute Gasteiger partial charge is 0.367 e. The van der Waals surface area contributed by atoms with Gasteiger partial charge in [-0.2, -0.15) is 0 Å². The van der Waals surface area contributed by atoms with Gasteiger partial charge in [-0.1, -0.05) is 30.3 Å². The van der Waals surface area contributed by atoms with Crippen molar-refractivity contribution >= 4 is 21.6 Å². The molecule has 3 heteroatoms. The molecule has 0 aromatic heterocycles. The average molecular weight is 306 g/mol. The van der Waals surface area contributed by atoms with E-state index in [0.29, 0.717) is 4.47 Å². The van der Waals surface area contributed by atoms with E-state index in [9.17, 15) is 4.39 Å². The Balaban J connectivity index is 1.89. The standard InChI is InChI=1S/C15H13BrFN/c16-15-12(5-3-6-13(15)17)10-18-9-8-11-4-1-2-7-14(11)18/h1-7H,8-10H2. The van der Waals surface area contributed by atoms with E-state index >= 15 is 0 Å². The van der Waals surface area contributed by atoms with Gasteiger partial charge in [0.25, 0.3) is 0 Å². The fourth-order valence-corrected chi connectivity index (χ4v) is 2.84. The number of rotatable bonds is 2. The van der Waals surface area contributed by atoms with Crippen molar-refractivity contribution in [3.05, 3.63) is 63.9 Å². The Labute approximate surface area is 114 Å². The molecule has 0 amide bonds. The van der Waals surface area contributed by atoms with Crippen LogP contribution in [-0.2, 0) is 13.0 Å². The van der Waals surface area contributed by atoms with Crippen LogP contribution < -0.4 is 4.90 Å². The fraction of sp³-hybridized carbons (Fsp3) is 0.200. The van der Waals surface area contributed by atoms with Crippen molar-refractivity contribution in [2.75, 3.05) is 11.4 Å². The van der Waals surface area contributed by atoms with Gasteiger partial charge in [0.05, 0.1) is 4.47 Å². The maximum atomic E-state index is 13.5. The summed E-state index contributed by atoms with van der Waals surface area (Å²) < 4.78 is 14.1. The maximum absolute atomic E-state index is 13.5. The Morgan fingerprint density at radius 2 is 1.94 bits per heavy atom. The summed E-state index contributed by atoms with van der Waals surface area (Å²) in [4.78, 5) is 2.30. The summed E-state index contributed by atoms with van der Waals surface area (Å²) >= 11 is 3.33. The summed E-state index contributed by atoms with van der Waals surface area (Å²) in [6.07, 6.45) is 1.07. The topological polar surface area (TPSA) is 3.24 Å². The van der Waals surface area contributed by atoms with Crippen LogP contribution in [0.2, 0.25) is 0 Å². The maximum Gasteiger partial charge on any atom is 0.137 e. The third kappa shape index (κ3) is 2.03. The normalized spacial score (nSPS) is 13.8. The van der Waals surface area contributed by atoms with E-state index in [1.54, 1.807) is 6.07 Å². The zero-order valence-corrected chi connectivity index (χ0v) is 11.5. The first kappa shape index (κ1) is 11.7. The van der Waals surface area contributed by atoms with E-state index in [-0.39, 0.29) is 5.82 Å². The highest BCUT2D eigenvalue weighted by Gasteiger charge is 2.19. The Morgan fingerprint density at radius 3 is 2.83 bits per heavy atom. The first-order valence-corrected chi connectivity index (χ1v) is 6.81. The average Bonchev–Trinajstić information content (AvgIpc) is 2.79. The predicted octanol–water partition coefficient (Wildman–Crippen LogP) is 4.15. The van der Waals surface area contributed by atoms with Gasteiger partial charge in [0, 0.05) is 18.8 Å². The van der Waals surface area contributed by atoms with Crippen LogP contribution in [0.3, 0.4) is 0 Å². The number of hydrogen-bond acceptors (Lipinski definition) is 1. The van der Waals surface area contributed by atoms with Crippen molar-refractivity contribution in [1.29, 1.82) is 0 Å². The lowest BCUT2D eigenvalue weighted by Gasteiger charge is -2.20. The molecule has 18 heavy (non-hydrogen) atoms. The molecule has 1 heterocycles. The van der Waals surface area contributed by atoms with Crippen LogP contribution in [0.15, 0.2) is 46.9 Å². The highest BCUT2D eigenvalue weighted by Crippen LogP contribution is 2.30. The molecule has 1 aliphatic heterocycles. The van der Waals surface area contributed by atoms with E-state index in [0.717, 1.165) is 25.1 Å². The van der Waals surface area contributed by atoms with Gasteiger partial charge in [0.15, 0.2) is 0 Å². The molecule has 2 aromatic rings. The quantitative estimate of drug-likeness (QED) is 0.805. The second-order valence-electron chi connectivity index (χ2n) is 4.51. The van der Waals surface area contributed by atoms with Gasteiger partial charge in [-0.15, -0.1) is 0 Å². The fourth-order valence-electron chi connectivity index (χ4n) is 2.45. The smallest absolute Gasteiger partial charge is 0.137 e. The molecule has 0 N–H and O–H groups in total. The molecule has 0 unspecified atom stereocenters. The lowest BCUT2D eigenvalue weighted by atomic mass is 10.1. The van der Waals surface area contributed by atoms with E-state index in [2.05, 4.69) is 45.1 Å². The van der Waals surface area contributed by atoms with Gasteiger partial charge in [0.2, 0.25) is 0 Å². The minimum absolute atomic E-state index is 0.194. The lowest BCUT2D eigenvalue weighted by Crippen LogP contribution is -2.20. The van der Waals surface area contributed by atoms with Crippen molar-refractivity contribution in [2.24, 2.45) is 0 Å². The molecule has 1 aliphatic rings. The summed E-state index contributed by atoms with van der Waals surface area (Å²) in [7, 11) is 0. The van der Waals surface area contributed by atoms with Gasteiger partial charge in [0.1, 0.15) is 5.82 Å². The van der Waals surface area contributed by atoms with E-state index in [1.165, 1.54) is 17.3 Å². The van der Waals surface area contributed by atoms with Crippen LogP contribution in [0.1, 0.15) is 11.1 Å². The van der Waals surface area contributed by atoms with Crippen molar-refractivity contribution in [1.82, 2.24) is 0 Å². The molecule has 0 radical (unpaired) electrons. The molecule has 92 valence electrons. The molecule has 2 aromatic carbocycles. The monoisotopic (exact) mass is 305 g/mol. The van der Waals surface area contributed by atoms with E-state index in [1.807, 2.05) is 6.07 Å².